The zero-order valence-corrected chi connectivity index (χ0v) is 37.0. The van der Waals surface area contributed by atoms with E-state index in [1.165, 1.54) is 0 Å². The standard InChI is InChI=1S/C45H67NO9Si/c1-13-21-46(22-23-55-56(11,12)42(2,3)4)35-16-14-15-34(26-35)45(47,36-24-32(17-19-38(36)49-10)40-50-27-43(5,6)28-51-40)37-25-33(18-20-39(37)54-31-48-9)41-52-29-44(7,8)30-53-41/h14-20,24-26,40-41,47H,13,21-23,27-31H2,1-12H3. The van der Waals surface area contributed by atoms with Crippen LogP contribution < -0.4 is 14.4 Å². The van der Waals surface area contributed by atoms with E-state index >= 15 is 0 Å². The normalized spacial score (nSPS) is 19.0. The quantitative estimate of drug-likeness (QED) is 0.0859. The molecular weight excluding hydrogens is 727 g/mol. The highest BCUT2D eigenvalue weighted by molar-refractivity contribution is 6.74. The van der Waals surface area contributed by atoms with Crippen LogP contribution in [-0.4, -0.2) is 80.6 Å². The number of nitrogens with zero attached hydrogens (tertiary/aromatic N) is 1. The van der Waals surface area contributed by atoms with Crippen molar-refractivity contribution in [1.29, 1.82) is 0 Å². The van der Waals surface area contributed by atoms with Gasteiger partial charge in [0.25, 0.3) is 0 Å². The Balaban J connectivity index is 1.68. The van der Waals surface area contributed by atoms with E-state index in [4.69, 9.17) is 37.6 Å². The van der Waals surface area contributed by atoms with Crippen LogP contribution in [0.1, 0.15) is 102 Å². The van der Waals surface area contributed by atoms with Crippen molar-refractivity contribution in [1.82, 2.24) is 0 Å². The van der Waals surface area contributed by atoms with E-state index < -0.39 is 26.5 Å². The van der Waals surface area contributed by atoms with Gasteiger partial charge < -0.3 is 47.6 Å². The summed E-state index contributed by atoms with van der Waals surface area (Å²) in [5, 5.41) is 13.9. The molecule has 1 atom stereocenters. The molecule has 3 aromatic rings. The van der Waals surface area contributed by atoms with Gasteiger partial charge >= 0.3 is 0 Å². The van der Waals surface area contributed by atoms with Crippen molar-refractivity contribution in [2.75, 3.05) is 72.0 Å². The molecule has 2 heterocycles. The number of rotatable bonds is 16. The predicted octanol–water partition coefficient (Wildman–Crippen LogP) is 9.34. The minimum atomic E-state index is -1.95. The number of hydrogen-bond donors (Lipinski definition) is 1. The summed E-state index contributed by atoms with van der Waals surface area (Å²) in [6.45, 7) is 26.2. The first-order valence-electron chi connectivity index (χ1n) is 20.0. The van der Waals surface area contributed by atoms with Crippen molar-refractivity contribution in [2.24, 2.45) is 10.8 Å². The van der Waals surface area contributed by atoms with Gasteiger partial charge in [0.2, 0.25) is 0 Å². The van der Waals surface area contributed by atoms with Crippen LogP contribution in [-0.2, 0) is 33.7 Å². The molecule has 0 saturated carbocycles. The van der Waals surface area contributed by atoms with Gasteiger partial charge in [-0.05, 0) is 66.5 Å². The Labute approximate surface area is 336 Å². The topological polar surface area (TPSA) is 97.3 Å². The average Bonchev–Trinajstić information content (AvgIpc) is 3.15. The van der Waals surface area contributed by atoms with Gasteiger partial charge in [-0.1, -0.05) is 79.7 Å². The lowest BCUT2D eigenvalue weighted by Crippen LogP contribution is -2.43. The molecule has 0 spiro atoms. The fourth-order valence-electron chi connectivity index (χ4n) is 6.80. The van der Waals surface area contributed by atoms with Crippen LogP contribution in [0, 0.1) is 10.8 Å². The molecule has 1 N–H and O–H groups in total. The fourth-order valence-corrected chi connectivity index (χ4v) is 7.84. The van der Waals surface area contributed by atoms with E-state index in [1.807, 2.05) is 48.5 Å². The molecule has 1 unspecified atom stereocenters. The van der Waals surface area contributed by atoms with Gasteiger partial charge in [0.1, 0.15) is 17.1 Å². The molecule has 0 amide bonds. The highest BCUT2D eigenvalue weighted by Crippen LogP contribution is 2.48. The Morgan fingerprint density at radius 2 is 1.30 bits per heavy atom. The Morgan fingerprint density at radius 1 is 0.768 bits per heavy atom. The maximum atomic E-state index is 13.8. The minimum absolute atomic E-state index is 0.0255. The summed E-state index contributed by atoms with van der Waals surface area (Å²) in [5.41, 5.74) is 2.03. The zero-order valence-electron chi connectivity index (χ0n) is 36.0. The maximum absolute atomic E-state index is 13.8. The number of anilines is 1. The number of hydrogen-bond acceptors (Lipinski definition) is 10. The summed E-state index contributed by atoms with van der Waals surface area (Å²) in [6, 6.07) is 19.5. The molecular formula is C45H67NO9Si. The summed E-state index contributed by atoms with van der Waals surface area (Å²) >= 11 is 0. The maximum Gasteiger partial charge on any atom is 0.192 e. The van der Waals surface area contributed by atoms with Crippen molar-refractivity contribution in [3.63, 3.8) is 0 Å². The lowest BCUT2D eigenvalue weighted by atomic mass is 9.78. The second kappa shape index (κ2) is 17.9. The van der Waals surface area contributed by atoms with Gasteiger partial charge in [-0.3, -0.25) is 0 Å². The number of aliphatic hydroxyl groups is 1. The fraction of sp³-hybridized carbons (Fsp3) is 0.600. The van der Waals surface area contributed by atoms with Gasteiger partial charge in [-0.2, -0.15) is 0 Å². The summed E-state index contributed by atoms with van der Waals surface area (Å²) in [7, 11) is 1.23. The highest BCUT2D eigenvalue weighted by Gasteiger charge is 2.42. The lowest BCUT2D eigenvalue weighted by molar-refractivity contribution is -0.226. The molecule has 0 radical (unpaired) electrons. The molecule has 3 aromatic carbocycles. The number of methoxy groups -OCH3 is 2. The van der Waals surface area contributed by atoms with Crippen LogP contribution in [0.5, 0.6) is 11.5 Å². The van der Waals surface area contributed by atoms with E-state index in [0.29, 0.717) is 67.8 Å². The lowest BCUT2D eigenvalue weighted by Gasteiger charge is -2.38. The molecule has 0 bridgehead atoms. The van der Waals surface area contributed by atoms with Gasteiger partial charge in [0.15, 0.2) is 27.7 Å². The van der Waals surface area contributed by atoms with Crippen LogP contribution in [0.3, 0.4) is 0 Å². The summed E-state index contributed by atoms with van der Waals surface area (Å²) in [6.07, 6.45) is -0.305. The molecule has 2 aliphatic heterocycles. The summed E-state index contributed by atoms with van der Waals surface area (Å²) in [4.78, 5) is 2.33. The predicted molar refractivity (Wildman–Crippen MR) is 223 cm³/mol. The third kappa shape index (κ3) is 10.2. The van der Waals surface area contributed by atoms with Crippen LogP contribution in [0.4, 0.5) is 5.69 Å². The third-order valence-electron chi connectivity index (χ3n) is 11.1. The molecule has 2 aliphatic rings. The number of benzene rings is 3. The van der Waals surface area contributed by atoms with E-state index in [-0.39, 0.29) is 22.7 Å². The van der Waals surface area contributed by atoms with Gasteiger partial charge in [-0.25, -0.2) is 0 Å². The molecule has 56 heavy (non-hydrogen) atoms. The molecule has 0 aromatic heterocycles. The molecule has 2 fully saturated rings. The second-order valence-electron chi connectivity index (χ2n) is 18.4. The van der Waals surface area contributed by atoms with E-state index in [0.717, 1.165) is 29.8 Å². The monoisotopic (exact) mass is 793 g/mol. The van der Waals surface area contributed by atoms with Crippen molar-refractivity contribution in [3.05, 3.63) is 88.5 Å². The molecule has 310 valence electrons. The molecule has 11 heteroatoms. The summed E-state index contributed by atoms with van der Waals surface area (Å²) < 4.78 is 49.3. The Kier molecular flexibility index (Phi) is 14.1. The smallest absolute Gasteiger partial charge is 0.192 e. The van der Waals surface area contributed by atoms with Gasteiger partial charge in [0.05, 0.1) is 40.1 Å². The second-order valence-corrected chi connectivity index (χ2v) is 23.2. The Bertz CT molecular complexity index is 1740. The molecule has 2 saturated heterocycles. The minimum Gasteiger partial charge on any atom is -0.496 e. The first-order valence-corrected chi connectivity index (χ1v) is 22.9. The Morgan fingerprint density at radius 3 is 1.80 bits per heavy atom. The first-order chi connectivity index (χ1) is 26.3. The number of ether oxygens (including phenoxy) is 7. The van der Waals surface area contributed by atoms with Crippen LogP contribution in [0.2, 0.25) is 18.1 Å². The zero-order chi connectivity index (χ0) is 40.9. The van der Waals surface area contributed by atoms with E-state index in [9.17, 15) is 5.11 Å². The van der Waals surface area contributed by atoms with Crippen molar-refractivity contribution in [3.8, 4) is 11.5 Å². The first kappa shape index (κ1) is 44.1. The molecule has 5 rings (SSSR count). The van der Waals surface area contributed by atoms with Crippen molar-refractivity contribution in [2.45, 2.75) is 98.1 Å². The summed E-state index contributed by atoms with van der Waals surface area (Å²) in [5.74, 6) is 0.924. The Hall–Kier alpha value is -3.00. The van der Waals surface area contributed by atoms with Crippen molar-refractivity contribution >= 4 is 14.0 Å². The van der Waals surface area contributed by atoms with Gasteiger partial charge in [0, 0.05) is 59.0 Å². The molecule has 0 aliphatic carbocycles. The van der Waals surface area contributed by atoms with E-state index in [2.05, 4.69) is 85.5 Å². The third-order valence-corrected chi connectivity index (χ3v) is 15.7. The average molecular weight is 794 g/mol. The van der Waals surface area contributed by atoms with Gasteiger partial charge in [-0.15, -0.1) is 0 Å². The largest absolute Gasteiger partial charge is 0.496 e. The molecule has 10 nitrogen and oxygen atoms in total. The van der Waals surface area contributed by atoms with E-state index in [1.54, 1.807) is 14.2 Å². The highest BCUT2D eigenvalue weighted by atomic mass is 28.4. The van der Waals surface area contributed by atoms with Crippen LogP contribution in [0.15, 0.2) is 60.7 Å². The van der Waals surface area contributed by atoms with Crippen molar-refractivity contribution < 1.29 is 42.7 Å². The SMILES string of the molecule is CCCN(CCO[Si](C)(C)C(C)(C)C)c1cccc(C(O)(c2cc(C3OCC(C)(C)CO3)ccc2OC)c2cc(C3OCC(C)(C)CO3)ccc2OCOC)c1. The van der Waals surface area contributed by atoms with Crippen LogP contribution >= 0.6 is 0 Å². The van der Waals surface area contributed by atoms with Crippen LogP contribution in [0.25, 0.3) is 0 Å².